The monoisotopic (exact) mass is 1600 g/mol. The van der Waals surface area contributed by atoms with Crippen LogP contribution in [0.4, 0.5) is 0 Å². The summed E-state index contributed by atoms with van der Waals surface area (Å²) in [5, 5.41) is 10.9. The molecule has 8 heterocycles. The van der Waals surface area contributed by atoms with Crippen molar-refractivity contribution in [2.45, 2.75) is 136 Å². The Kier molecular flexibility index (Phi) is 51.1. The lowest BCUT2D eigenvalue weighted by molar-refractivity contribution is -0.163. The molecule has 0 aliphatic carbocycles. The molecule has 0 saturated heterocycles. The van der Waals surface area contributed by atoms with Crippen molar-refractivity contribution in [3.63, 3.8) is 0 Å². The second-order valence-electron chi connectivity index (χ2n) is 24.4. The van der Waals surface area contributed by atoms with E-state index in [1.165, 1.54) is 49.4 Å². The first-order valence-electron chi connectivity index (χ1n) is 35.0. The zero-order valence-electron chi connectivity index (χ0n) is 66.5. The SMILES string of the molecule is C/C(=C/c1ncccn1)C(=O)N1CCC=CC1=O.C/C(=C/c1ncccn1)C(=O)O.C/C(=C/c1ncccn1)C(=O)OC(=O)C(C)(C)C.CC(C)(C)C(=O)Cl.CCOC(=O)/C(C)=C/c1ncccn1.CCOC(=O)/C(C)=C\c1ncccn1.CCOC(=O)C(C)P(=O)(OCC)OCC.O=C1C=CCCN1.O=Cc1ncccn1. The van der Waals surface area contributed by atoms with Gasteiger partial charge in [-0.25, -0.2) is 79.0 Å². The van der Waals surface area contributed by atoms with Crippen molar-refractivity contribution in [3.05, 3.63) is 198 Å². The molecular formula is C78H100ClN14O19P. The van der Waals surface area contributed by atoms with E-state index in [9.17, 15) is 57.3 Å². The Labute approximate surface area is 663 Å². The molecule has 608 valence electrons. The van der Waals surface area contributed by atoms with Crippen LogP contribution in [0.5, 0.6) is 0 Å². The second kappa shape index (κ2) is 57.2. The van der Waals surface area contributed by atoms with Crippen molar-refractivity contribution in [2.75, 3.05) is 46.1 Å². The Balaban J connectivity index is 0.00000127. The number of esters is 5. The minimum Gasteiger partial charge on any atom is -0.478 e. The van der Waals surface area contributed by atoms with Crippen molar-refractivity contribution in [2.24, 2.45) is 10.8 Å². The number of ether oxygens (including phenoxy) is 4. The molecule has 1 unspecified atom stereocenters. The second-order valence-corrected chi connectivity index (χ2v) is 27.1. The minimum atomic E-state index is -3.37. The highest BCUT2D eigenvalue weighted by atomic mass is 35.5. The quantitative estimate of drug-likeness (QED) is 0.0136. The van der Waals surface area contributed by atoms with Gasteiger partial charge in [-0.1, -0.05) is 32.9 Å². The van der Waals surface area contributed by atoms with Gasteiger partial charge in [0.05, 0.1) is 38.4 Å². The zero-order valence-corrected chi connectivity index (χ0v) is 68.2. The van der Waals surface area contributed by atoms with Crippen molar-refractivity contribution < 1.29 is 90.4 Å². The molecule has 113 heavy (non-hydrogen) atoms. The van der Waals surface area contributed by atoms with Gasteiger partial charge in [-0.05, 0) is 200 Å². The number of aliphatic carboxylic acids is 1. The van der Waals surface area contributed by atoms with Gasteiger partial charge >= 0.3 is 43.4 Å². The van der Waals surface area contributed by atoms with Gasteiger partial charge < -0.3 is 38.4 Å². The van der Waals surface area contributed by atoms with E-state index in [0.717, 1.165) is 13.0 Å². The highest BCUT2D eigenvalue weighted by Crippen LogP contribution is 2.53. The molecule has 2 N–H and O–H groups in total. The first-order valence-corrected chi connectivity index (χ1v) is 37.0. The van der Waals surface area contributed by atoms with Crippen LogP contribution in [0, 0.1) is 10.8 Å². The van der Waals surface area contributed by atoms with Gasteiger partial charge in [0, 0.05) is 121 Å². The number of halogens is 1. The summed E-state index contributed by atoms with van der Waals surface area (Å²) in [6.07, 6.45) is 35.6. The molecule has 0 saturated carbocycles. The summed E-state index contributed by atoms with van der Waals surface area (Å²) in [4.78, 5) is 169. The topological polar surface area (TPSA) is 450 Å². The summed E-state index contributed by atoms with van der Waals surface area (Å²) in [7, 11) is -3.37. The number of aldehydes is 1. The van der Waals surface area contributed by atoms with Gasteiger partial charge in [-0.2, -0.15) is 0 Å². The number of hydrogen-bond acceptors (Lipinski definition) is 30. The average Bonchev–Trinajstić information content (AvgIpc) is 0.852. The third kappa shape index (κ3) is 46.4. The van der Waals surface area contributed by atoms with Crippen LogP contribution in [0.25, 0.3) is 30.4 Å². The summed E-state index contributed by atoms with van der Waals surface area (Å²) < 4.78 is 41.3. The van der Waals surface area contributed by atoms with E-state index in [4.69, 9.17) is 44.7 Å². The Morgan fingerprint density at radius 2 is 0.823 bits per heavy atom. The molecule has 0 spiro atoms. The fourth-order valence-corrected chi connectivity index (χ4v) is 8.49. The van der Waals surface area contributed by atoms with E-state index in [1.807, 2.05) is 6.08 Å². The normalized spacial score (nSPS) is 12.7. The van der Waals surface area contributed by atoms with Gasteiger partial charge in [0.1, 0.15) is 0 Å². The number of aromatic nitrogens is 12. The van der Waals surface area contributed by atoms with Gasteiger partial charge in [0.2, 0.25) is 11.1 Å². The number of carboxylic acids is 1. The van der Waals surface area contributed by atoms with Gasteiger partial charge in [0.15, 0.2) is 46.9 Å². The van der Waals surface area contributed by atoms with Gasteiger partial charge in [0.25, 0.3) is 11.8 Å². The lowest BCUT2D eigenvalue weighted by Gasteiger charge is -2.21. The number of imide groups is 1. The Bertz CT molecular complexity index is 4140. The molecule has 0 radical (unpaired) electrons. The molecule has 0 aromatic carbocycles. The smallest absolute Gasteiger partial charge is 0.344 e. The van der Waals surface area contributed by atoms with E-state index >= 15 is 0 Å². The Morgan fingerprint density at radius 1 is 0.496 bits per heavy atom. The lowest BCUT2D eigenvalue weighted by Crippen LogP contribution is -2.38. The maximum absolute atomic E-state index is 12.1. The van der Waals surface area contributed by atoms with E-state index < -0.39 is 42.5 Å². The van der Waals surface area contributed by atoms with Crippen LogP contribution < -0.4 is 5.32 Å². The summed E-state index contributed by atoms with van der Waals surface area (Å²) in [6.45, 7) is 31.3. The van der Waals surface area contributed by atoms with Crippen LogP contribution in [0.15, 0.2) is 163 Å². The van der Waals surface area contributed by atoms with E-state index in [1.54, 1.807) is 233 Å². The zero-order chi connectivity index (χ0) is 85.4. The summed E-state index contributed by atoms with van der Waals surface area (Å²) in [5.74, 6) is -1.42. The first kappa shape index (κ1) is 101. The standard InChI is InChI=1S/C13H13N3O2.C13H16N2O3.2C10H12N2O2.C9H19O5P.C8H8N2O2.C5H9ClO.C5H4N2O.C5H7NO/c1-10(9-11-14-6-4-7-15-11)13(18)16-8-3-2-5-12(16)17;1-9(8-10-14-6-5-7-15-10)11(16)18-12(17)13(2,3)4;2*1-3-14-10(13)8(2)7-9-11-5-4-6-12-9;1-5-12-9(10)8(4)15(11,13-6-2)14-7-3;1-6(8(11)12)5-7-9-3-2-4-10-7;1-5(2,3)4(6)7;8-4-5-6-2-1-3-7-5;7-5-3-1-2-4-6-5/h2,4-7,9H,3,8H2,1H3;5-8H,1-4H3;2*4-7H,3H2,1-2H3;8H,5-7H2,1-4H3;2-5H,1H3,(H,11,12);1-3H3;1-4H;1,3H,2,4H2,(H,6,7)/b10-9-;9-8-;8-7+;8-7-;;6-5-;;;. The Hall–Kier alpha value is -11.9. The van der Waals surface area contributed by atoms with Crippen LogP contribution in [0.3, 0.4) is 0 Å². The summed E-state index contributed by atoms with van der Waals surface area (Å²) in [6, 6.07) is 10.1. The van der Waals surface area contributed by atoms with E-state index in [2.05, 4.69) is 65.1 Å². The fraction of sp³-hybridized carbons (Fsp3) is 0.372. The number of amides is 3. The molecular weight excluding hydrogens is 1500 g/mol. The number of carboxylic acid groups (broad SMARTS) is 1. The number of nitrogens with zero attached hydrogens (tertiary/aromatic N) is 13. The molecule has 0 bridgehead atoms. The highest BCUT2D eigenvalue weighted by Gasteiger charge is 2.38. The molecule has 1 atom stereocenters. The molecule has 2 aliphatic rings. The van der Waals surface area contributed by atoms with Crippen LogP contribution in [0.2, 0.25) is 0 Å². The maximum Gasteiger partial charge on any atom is 0.344 e. The van der Waals surface area contributed by atoms with Crippen molar-refractivity contribution in [1.82, 2.24) is 70.0 Å². The maximum atomic E-state index is 12.1. The average molecular weight is 1600 g/mol. The third-order valence-electron chi connectivity index (χ3n) is 12.8. The van der Waals surface area contributed by atoms with Crippen LogP contribution in [-0.2, 0) is 80.5 Å². The van der Waals surface area contributed by atoms with Crippen molar-refractivity contribution in [3.8, 4) is 0 Å². The van der Waals surface area contributed by atoms with Crippen LogP contribution >= 0.6 is 19.2 Å². The highest BCUT2D eigenvalue weighted by molar-refractivity contribution is 7.55. The Morgan fingerprint density at radius 3 is 1.09 bits per heavy atom. The van der Waals surface area contributed by atoms with Gasteiger partial charge in [-0.15, -0.1) is 0 Å². The number of nitrogens with one attached hydrogen (secondary N) is 1. The first-order chi connectivity index (χ1) is 53.4. The fourth-order valence-electron chi connectivity index (χ4n) is 6.92. The molecule has 0 fully saturated rings. The number of carbonyl (C=O) groups excluding carboxylic acids is 10. The van der Waals surface area contributed by atoms with Crippen molar-refractivity contribution >= 4 is 115 Å². The molecule has 35 heteroatoms. The number of hydrogen-bond donors (Lipinski definition) is 2. The third-order valence-corrected chi connectivity index (χ3v) is 15.8. The predicted molar refractivity (Wildman–Crippen MR) is 422 cm³/mol. The molecule has 2 aliphatic heterocycles. The van der Waals surface area contributed by atoms with Crippen LogP contribution in [0.1, 0.15) is 170 Å². The molecule has 33 nitrogen and oxygen atoms in total. The largest absolute Gasteiger partial charge is 0.478 e. The lowest BCUT2D eigenvalue weighted by atomic mass is 9.97. The van der Waals surface area contributed by atoms with Crippen molar-refractivity contribution in [1.29, 1.82) is 0 Å². The van der Waals surface area contributed by atoms with E-state index in [0.29, 0.717) is 78.3 Å². The summed E-state index contributed by atoms with van der Waals surface area (Å²) >= 11 is 5.11. The number of rotatable bonds is 20. The predicted octanol–water partition coefficient (Wildman–Crippen LogP) is 11.4. The van der Waals surface area contributed by atoms with E-state index in [-0.39, 0.29) is 77.1 Å². The molecule has 3 amide bonds. The molecule has 6 aromatic rings. The summed E-state index contributed by atoms with van der Waals surface area (Å²) in [5.41, 5.74) is -0.0147. The number of carbonyl (C=O) groups is 11. The van der Waals surface area contributed by atoms with Crippen LogP contribution in [-0.4, -0.2) is 187 Å². The van der Waals surface area contributed by atoms with Gasteiger partial charge in [-0.3, -0.25) is 43.0 Å². The molecule has 8 rings (SSSR count). The molecule has 6 aromatic heterocycles. The minimum absolute atomic E-state index is 0.0336.